The Kier molecular flexibility index (Phi) is 8.01. The van der Waals surface area contributed by atoms with E-state index in [0.717, 1.165) is 7.11 Å². The molecule has 0 saturated carbocycles. The molecule has 0 fully saturated rings. The summed E-state index contributed by atoms with van der Waals surface area (Å²) < 4.78 is 43.4. The third kappa shape index (κ3) is 7.31. The van der Waals surface area contributed by atoms with Crippen LogP contribution in [0.4, 0.5) is 13.2 Å². The summed E-state index contributed by atoms with van der Waals surface area (Å²) in [5, 5.41) is 13.0. The molecular formula is C13H21F3N2O5. The first-order valence-corrected chi connectivity index (χ1v) is 6.82. The van der Waals surface area contributed by atoms with Crippen LogP contribution in [0, 0.1) is 5.92 Å². The van der Waals surface area contributed by atoms with Gasteiger partial charge in [0.15, 0.2) is 0 Å². The molecule has 0 aromatic carbocycles. The molecule has 0 aliphatic rings. The number of carbonyl (C=O) groups excluding carboxylic acids is 2. The lowest BCUT2D eigenvalue weighted by Gasteiger charge is -2.27. The third-order valence-corrected chi connectivity index (χ3v) is 3.03. The molecule has 10 heteroatoms. The van der Waals surface area contributed by atoms with Crippen LogP contribution < -0.4 is 10.6 Å². The van der Waals surface area contributed by atoms with Gasteiger partial charge in [0.1, 0.15) is 18.1 Å². The number of carboxylic acid groups (broad SMARTS) is 1. The summed E-state index contributed by atoms with van der Waals surface area (Å²) in [6.07, 6.45) is -5.88. The first kappa shape index (κ1) is 21.2. The van der Waals surface area contributed by atoms with E-state index in [1.807, 2.05) is 5.32 Å². The van der Waals surface area contributed by atoms with Crippen LogP contribution in [0.3, 0.4) is 0 Å². The minimum absolute atomic E-state index is 0.616. The Morgan fingerprint density at radius 1 is 1.17 bits per heavy atom. The number of rotatable bonds is 8. The molecule has 0 heterocycles. The van der Waals surface area contributed by atoms with E-state index in [4.69, 9.17) is 5.11 Å². The smallest absolute Gasteiger partial charge is 0.404 e. The molecule has 0 saturated heterocycles. The number of carbonyl (C=O) groups is 3. The number of aliphatic carboxylic acids is 1. The van der Waals surface area contributed by atoms with Crippen molar-refractivity contribution in [2.75, 3.05) is 7.11 Å². The highest BCUT2D eigenvalue weighted by Gasteiger charge is 2.43. The monoisotopic (exact) mass is 342 g/mol. The fraction of sp³-hybridized carbons (Fsp3) is 0.769. The van der Waals surface area contributed by atoms with Crippen LogP contribution in [-0.2, 0) is 19.1 Å². The van der Waals surface area contributed by atoms with E-state index in [9.17, 15) is 27.6 Å². The highest BCUT2D eigenvalue weighted by molar-refractivity contribution is 5.84. The highest BCUT2D eigenvalue weighted by atomic mass is 19.4. The Hall–Kier alpha value is -1.84. The van der Waals surface area contributed by atoms with E-state index < -0.39 is 54.5 Å². The second-order valence-corrected chi connectivity index (χ2v) is 5.34. The molecule has 0 aromatic heterocycles. The van der Waals surface area contributed by atoms with Gasteiger partial charge in [0.05, 0.1) is 13.5 Å². The maximum absolute atomic E-state index is 13.0. The SMILES string of the molecule is COC(=O)[C@H](C)NC(=O)CC(N[C@H](C(=O)O)C(C)C)C(F)(F)F. The van der Waals surface area contributed by atoms with Gasteiger partial charge in [-0.25, -0.2) is 4.79 Å². The number of methoxy groups -OCH3 is 1. The van der Waals surface area contributed by atoms with Crippen LogP contribution in [0.5, 0.6) is 0 Å². The number of esters is 1. The molecule has 7 nitrogen and oxygen atoms in total. The largest absolute Gasteiger partial charge is 0.480 e. The summed E-state index contributed by atoms with van der Waals surface area (Å²) in [6, 6.07) is -4.93. The molecule has 0 rings (SSSR count). The maximum Gasteiger partial charge on any atom is 0.404 e. The number of hydrogen-bond acceptors (Lipinski definition) is 5. The number of halogens is 3. The van der Waals surface area contributed by atoms with E-state index in [1.54, 1.807) is 0 Å². The second kappa shape index (κ2) is 8.70. The van der Waals surface area contributed by atoms with Crippen LogP contribution in [0.1, 0.15) is 27.2 Å². The van der Waals surface area contributed by atoms with Gasteiger partial charge in [0, 0.05) is 0 Å². The molecular weight excluding hydrogens is 321 g/mol. The first-order chi connectivity index (χ1) is 10.4. The molecule has 134 valence electrons. The number of nitrogens with one attached hydrogen (secondary N) is 2. The molecule has 1 unspecified atom stereocenters. The fourth-order valence-electron chi connectivity index (χ4n) is 1.76. The van der Waals surface area contributed by atoms with Crippen molar-refractivity contribution < 1.29 is 37.4 Å². The number of alkyl halides is 3. The summed E-state index contributed by atoms with van der Waals surface area (Å²) >= 11 is 0. The average molecular weight is 342 g/mol. The van der Waals surface area contributed by atoms with E-state index >= 15 is 0 Å². The number of amides is 1. The molecule has 0 aromatic rings. The minimum atomic E-state index is -4.82. The molecule has 23 heavy (non-hydrogen) atoms. The van der Waals surface area contributed by atoms with Gasteiger partial charge in [0.2, 0.25) is 5.91 Å². The summed E-state index contributed by atoms with van der Waals surface area (Å²) in [4.78, 5) is 33.8. The van der Waals surface area contributed by atoms with Gasteiger partial charge < -0.3 is 15.2 Å². The third-order valence-electron chi connectivity index (χ3n) is 3.03. The Balaban J connectivity index is 4.97. The predicted molar refractivity (Wildman–Crippen MR) is 73.5 cm³/mol. The van der Waals surface area contributed by atoms with E-state index in [2.05, 4.69) is 10.1 Å². The Morgan fingerprint density at radius 3 is 2.04 bits per heavy atom. The molecule has 3 N–H and O–H groups in total. The van der Waals surface area contributed by atoms with Crippen LogP contribution in [-0.4, -0.2) is 54.4 Å². The van der Waals surface area contributed by atoms with Gasteiger partial charge in [0.25, 0.3) is 0 Å². The Bertz CT molecular complexity index is 440. The zero-order valence-corrected chi connectivity index (χ0v) is 13.2. The lowest BCUT2D eigenvalue weighted by atomic mass is 10.0. The van der Waals surface area contributed by atoms with Crippen molar-refractivity contribution in [3.05, 3.63) is 0 Å². The fourth-order valence-corrected chi connectivity index (χ4v) is 1.76. The topological polar surface area (TPSA) is 105 Å². The van der Waals surface area contributed by atoms with Crippen molar-refractivity contribution in [2.24, 2.45) is 5.92 Å². The van der Waals surface area contributed by atoms with Gasteiger partial charge in [-0.3, -0.25) is 14.9 Å². The molecule has 1 amide bonds. The first-order valence-electron chi connectivity index (χ1n) is 6.82. The van der Waals surface area contributed by atoms with Gasteiger partial charge in [-0.05, 0) is 12.8 Å². The van der Waals surface area contributed by atoms with Gasteiger partial charge in [-0.2, -0.15) is 13.2 Å². The second-order valence-electron chi connectivity index (χ2n) is 5.34. The lowest BCUT2D eigenvalue weighted by Crippen LogP contribution is -2.54. The number of carboxylic acids is 1. The maximum atomic E-state index is 13.0. The highest BCUT2D eigenvalue weighted by Crippen LogP contribution is 2.24. The van der Waals surface area contributed by atoms with Gasteiger partial charge in [-0.1, -0.05) is 13.8 Å². The quantitative estimate of drug-likeness (QED) is 0.561. The van der Waals surface area contributed by atoms with Gasteiger partial charge in [-0.15, -0.1) is 0 Å². The van der Waals surface area contributed by atoms with E-state index in [1.165, 1.54) is 20.8 Å². The van der Waals surface area contributed by atoms with Gasteiger partial charge >= 0.3 is 18.1 Å². The summed E-state index contributed by atoms with van der Waals surface area (Å²) in [5.41, 5.74) is 0. The van der Waals surface area contributed by atoms with E-state index in [-0.39, 0.29) is 0 Å². The summed E-state index contributed by atoms with van der Waals surface area (Å²) in [5.74, 6) is -3.92. The van der Waals surface area contributed by atoms with E-state index in [0.29, 0.717) is 0 Å². The van der Waals surface area contributed by atoms with Crippen LogP contribution in [0.15, 0.2) is 0 Å². The number of ether oxygens (including phenoxy) is 1. The Morgan fingerprint density at radius 2 is 1.70 bits per heavy atom. The standard InChI is InChI=1S/C13H21F3N2O5/c1-6(2)10(11(20)21)18-8(13(14,15)16)5-9(19)17-7(3)12(22)23-4/h6-8,10,18H,5H2,1-4H3,(H,17,19)(H,20,21)/t7-,8?,10-/m0/s1. The van der Waals surface area contributed by atoms with Crippen LogP contribution in [0.2, 0.25) is 0 Å². The Labute approximate surface area is 131 Å². The molecule has 0 aliphatic heterocycles. The minimum Gasteiger partial charge on any atom is -0.480 e. The van der Waals surface area contributed by atoms with Crippen molar-refractivity contribution >= 4 is 17.8 Å². The molecule has 0 radical (unpaired) electrons. The van der Waals surface area contributed by atoms with Crippen molar-refractivity contribution in [3.63, 3.8) is 0 Å². The van der Waals surface area contributed by atoms with Crippen LogP contribution >= 0.6 is 0 Å². The number of hydrogen-bond donors (Lipinski definition) is 3. The summed E-state index contributed by atoms with van der Waals surface area (Å²) in [6.45, 7) is 4.14. The van der Waals surface area contributed by atoms with Crippen molar-refractivity contribution in [1.82, 2.24) is 10.6 Å². The normalized spacial score (nSPS) is 15.7. The molecule has 0 aliphatic carbocycles. The predicted octanol–water partition coefficient (Wildman–Crippen LogP) is 0.684. The molecule has 3 atom stereocenters. The summed E-state index contributed by atoms with van der Waals surface area (Å²) in [7, 11) is 1.07. The lowest BCUT2D eigenvalue weighted by molar-refractivity contribution is -0.167. The van der Waals surface area contributed by atoms with Crippen LogP contribution in [0.25, 0.3) is 0 Å². The van der Waals surface area contributed by atoms with Crippen molar-refractivity contribution in [1.29, 1.82) is 0 Å². The average Bonchev–Trinajstić information content (AvgIpc) is 2.39. The zero-order chi connectivity index (χ0) is 18.4. The zero-order valence-electron chi connectivity index (χ0n) is 13.2. The van der Waals surface area contributed by atoms with Crippen molar-refractivity contribution in [2.45, 2.75) is 51.5 Å². The van der Waals surface area contributed by atoms with Crippen molar-refractivity contribution in [3.8, 4) is 0 Å². The molecule has 0 bridgehead atoms. The molecule has 0 spiro atoms.